The lowest BCUT2D eigenvalue weighted by Gasteiger charge is -2.24. The third kappa shape index (κ3) is 2.74. The minimum Gasteiger partial charge on any atom is -0.0619 e. The average Bonchev–Trinajstić information content (AvgIpc) is 3.62. The van der Waals surface area contributed by atoms with Crippen LogP contribution in [-0.2, 0) is 10.8 Å². The molecule has 35 heavy (non-hydrogen) atoms. The van der Waals surface area contributed by atoms with E-state index in [4.69, 9.17) is 0 Å². The molecule has 4 aromatic carbocycles. The molecule has 0 aliphatic heterocycles. The summed E-state index contributed by atoms with van der Waals surface area (Å²) in [4.78, 5) is 0. The van der Waals surface area contributed by atoms with Gasteiger partial charge in [-0.3, -0.25) is 0 Å². The summed E-state index contributed by atoms with van der Waals surface area (Å²) in [6, 6.07) is 26.1. The summed E-state index contributed by atoms with van der Waals surface area (Å²) < 4.78 is 0. The molecule has 0 atom stereocenters. The third-order valence-corrected chi connectivity index (χ3v) is 9.25. The van der Waals surface area contributed by atoms with Gasteiger partial charge in [0.1, 0.15) is 0 Å². The molecule has 4 aromatic rings. The van der Waals surface area contributed by atoms with Gasteiger partial charge in [0.25, 0.3) is 0 Å². The van der Waals surface area contributed by atoms with E-state index in [1.807, 2.05) is 0 Å². The number of rotatable bonds is 2. The van der Waals surface area contributed by atoms with Gasteiger partial charge < -0.3 is 0 Å². The summed E-state index contributed by atoms with van der Waals surface area (Å²) in [5.74, 6) is 0.729. The van der Waals surface area contributed by atoms with Gasteiger partial charge in [-0.05, 0) is 112 Å². The quantitative estimate of drug-likeness (QED) is 0.283. The molecule has 0 amide bonds. The van der Waals surface area contributed by atoms with Crippen LogP contribution in [0.3, 0.4) is 0 Å². The molecule has 7 rings (SSSR count). The van der Waals surface area contributed by atoms with E-state index in [0.29, 0.717) is 0 Å². The van der Waals surface area contributed by atoms with E-state index in [2.05, 4.69) is 108 Å². The van der Waals surface area contributed by atoms with Crippen molar-refractivity contribution >= 4 is 0 Å². The van der Waals surface area contributed by atoms with E-state index in [-0.39, 0.29) is 10.8 Å². The van der Waals surface area contributed by atoms with Crippen LogP contribution < -0.4 is 0 Å². The van der Waals surface area contributed by atoms with Crippen LogP contribution in [-0.4, -0.2) is 0 Å². The predicted molar refractivity (Wildman–Crippen MR) is 148 cm³/mol. The van der Waals surface area contributed by atoms with Crippen LogP contribution in [0.1, 0.15) is 85.4 Å². The zero-order chi connectivity index (χ0) is 24.3. The monoisotopic (exact) mass is 454 g/mol. The molecule has 0 heteroatoms. The fraction of sp³-hybridized carbons (Fsp3) is 0.314. The van der Waals surface area contributed by atoms with E-state index < -0.39 is 0 Å². The summed E-state index contributed by atoms with van der Waals surface area (Å²) in [6.45, 7) is 14.2. The van der Waals surface area contributed by atoms with Crippen LogP contribution in [0.4, 0.5) is 0 Å². The van der Waals surface area contributed by atoms with E-state index in [0.717, 1.165) is 5.92 Å². The van der Waals surface area contributed by atoms with Gasteiger partial charge in [0.2, 0.25) is 0 Å². The molecule has 174 valence electrons. The smallest absolute Gasteiger partial charge is 0.0159 e. The second kappa shape index (κ2) is 6.76. The molecule has 1 saturated carbocycles. The van der Waals surface area contributed by atoms with Gasteiger partial charge >= 0.3 is 0 Å². The van der Waals surface area contributed by atoms with Crippen LogP contribution >= 0.6 is 0 Å². The molecule has 0 bridgehead atoms. The average molecular weight is 455 g/mol. The van der Waals surface area contributed by atoms with Crippen LogP contribution in [0.15, 0.2) is 66.7 Å². The van der Waals surface area contributed by atoms with Crippen LogP contribution in [0.5, 0.6) is 0 Å². The third-order valence-electron chi connectivity index (χ3n) is 9.25. The fourth-order valence-corrected chi connectivity index (χ4v) is 7.09. The Kier molecular flexibility index (Phi) is 4.09. The molecular formula is C35H34. The highest BCUT2D eigenvalue weighted by atomic mass is 14.5. The number of fused-ring (bicyclic) bond motifs is 6. The van der Waals surface area contributed by atoms with Gasteiger partial charge in [-0.15, -0.1) is 0 Å². The normalized spacial score (nSPS) is 18.1. The molecule has 0 unspecified atom stereocenters. The van der Waals surface area contributed by atoms with E-state index in [1.165, 1.54) is 79.6 Å². The Morgan fingerprint density at radius 2 is 1.23 bits per heavy atom. The summed E-state index contributed by atoms with van der Waals surface area (Å²) in [6.07, 6.45) is 2.65. The molecule has 0 radical (unpaired) electrons. The Bertz CT molecular complexity index is 1560. The highest BCUT2D eigenvalue weighted by molar-refractivity contribution is 5.97. The zero-order valence-electron chi connectivity index (χ0n) is 21.8. The maximum atomic E-state index is 2.57. The first-order chi connectivity index (χ1) is 16.7. The lowest BCUT2D eigenvalue weighted by Crippen LogP contribution is -2.17. The van der Waals surface area contributed by atoms with Crippen molar-refractivity contribution in [2.75, 3.05) is 0 Å². The summed E-state index contributed by atoms with van der Waals surface area (Å²) >= 11 is 0. The molecular weight excluding hydrogens is 420 g/mol. The first kappa shape index (κ1) is 21.2. The van der Waals surface area contributed by atoms with E-state index in [9.17, 15) is 0 Å². The molecule has 0 spiro atoms. The van der Waals surface area contributed by atoms with Crippen molar-refractivity contribution in [1.29, 1.82) is 0 Å². The lowest BCUT2D eigenvalue weighted by molar-refractivity contribution is 0.651. The second-order valence-corrected chi connectivity index (χ2v) is 12.3. The number of aryl methyl sites for hydroxylation is 2. The van der Waals surface area contributed by atoms with Gasteiger partial charge in [0.05, 0.1) is 0 Å². The molecule has 3 aliphatic carbocycles. The topological polar surface area (TPSA) is 0 Å². The molecule has 3 aliphatic rings. The van der Waals surface area contributed by atoms with Crippen molar-refractivity contribution in [3.63, 3.8) is 0 Å². The van der Waals surface area contributed by atoms with Crippen LogP contribution in [0.25, 0.3) is 33.4 Å². The summed E-state index contributed by atoms with van der Waals surface area (Å²) in [5, 5.41) is 0. The Labute approximate surface area is 210 Å². The van der Waals surface area contributed by atoms with Gasteiger partial charge in [0.15, 0.2) is 0 Å². The van der Waals surface area contributed by atoms with Crippen molar-refractivity contribution in [1.82, 2.24) is 0 Å². The predicted octanol–water partition coefficient (Wildman–Crippen LogP) is 9.46. The highest BCUT2D eigenvalue weighted by Crippen LogP contribution is 2.59. The standard InChI is InChI=1S/C35H34/c1-20-11-15-24-26-18-31-27(19-30(26)35(5,6)29(24)17-20)33-28(34(31,3)4)16-12-21(2)32(33)25-10-8-7-9-23(25)22-13-14-22/h7-12,15-19,22H,13-14H2,1-6H3. The van der Waals surface area contributed by atoms with Crippen molar-refractivity contribution in [2.45, 2.75) is 71.1 Å². The first-order valence-electron chi connectivity index (χ1n) is 13.2. The van der Waals surface area contributed by atoms with E-state index >= 15 is 0 Å². The highest BCUT2D eigenvalue weighted by Gasteiger charge is 2.43. The molecule has 1 fully saturated rings. The van der Waals surface area contributed by atoms with E-state index in [1.54, 1.807) is 5.56 Å². The molecule has 0 N–H and O–H groups in total. The lowest BCUT2D eigenvalue weighted by atomic mass is 9.79. The van der Waals surface area contributed by atoms with Crippen LogP contribution in [0, 0.1) is 13.8 Å². The van der Waals surface area contributed by atoms with Crippen molar-refractivity contribution < 1.29 is 0 Å². The maximum Gasteiger partial charge on any atom is 0.0159 e. The maximum absolute atomic E-state index is 2.57. The summed E-state index contributed by atoms with van der Waals surface area (Å²) in [5.41, 5.74) is 18.8. The molecule has 0 saturated heterocycles. The Morgan fingerprint density at radius 1 is 0.571 bits per heavy atom. The molecule has 0 heterocycles. The van der Waals surface area contributed by atoms with Gasteiger partial charge in [-0.25, -0.2) is 0 Å². The van der Waals surface area contributed by atoms with Gasteiger partial charge in [-0.2, -0.15) is 0 Å². The Hall–Kier alpha value is -3.12. The summed E-state index contributed by atoms with van der Waals surface area (Å²) in [7, 11) is 0. The molecule has 0 aromatic heterocycles. The van der Waals surface area contributed by atoms with Gasteiger partial charge in [-0.1, -0.05) is 87.9 Å². The molecule has 0 nitrogen and oxygen atoms in total. The first-order valence-corrected chi connectivity index (χ1v) is 13.2. The Balaban J connectivity index is 1.54. The number of hydrogen-bond donors (Lipinski definition) is 0. The second-order valence-electron chi connectivity index (χ2n) is 12.3. The largest absolute Gasteiger partial charge is 0.0619 e. The SMILES string of the molecule is Cc1ccc2c(c1)C(C)(C)c1cc3c(cc1-2)C(C)(C)c1ccc(C)c(-c2ccccc2C2CC2)c1-3. The van der Waals surface area contributed by atoms with Gasteiger partial charge in [0, 0.05) is 10.8 Å². The Morgan fingerprint density at radius 3 is 2.00 bits per heavy atom. The fourth-order valence-electron chi connectivity index (χ4n) is 7.09. The van der Waals surface area contributed by atoms with Crippen molar-refractivity contribution in [2.24, 2.45) is 0 Å². The minimum absolute atomic E-state index is 0.00845. The van der Waals surface area contributed by atoms with Crippen molar-refractivity contribution in [3.05, 3.63) is 106 Å². The van der Waals surface area contributed by atoms with Crippen molar-refractivity contribution in [3.8, 4) is 33.4 Å². The minimum atomic E-state index is -0.0196. The van der Waals surface area contributed by atoms with Crippen LogP contribution in [0.2, 0.25) is 0 Å². The number of hydrogen-bond acceptors (Lipinski definition) is 0. The zero-order valence-corrected chi connectivity index (χ0v) is 21.8. The number of benzene rings is 4.